The fraction of sp³-hybridized carbons (Fsp3) is 0.0526. The van der Waals surface area contributed by atoms with Crippen molar-refractivity contribution in [3.63, 3.8) is 0 Å². The van der Waals surface area contributed by atoms with Gasteiger partial charge in [-0.1, -0.05) is 146 Å². The molecule has 0 spiro atoms. The molecule has 1 aliphatic heterocycles. The Balaban J connectivity index is 1.45. The molecule has 0 N–H and O–H groups in total. The van der Waals surface area contributed by atoms with Crippen molar-refractivity contribution in [1.82, 2.24) is 0 Å². The van der Waals surface area contributed by atoms with E-state index in [1.165, 1.54) is 41.6 Å². The van der Waals surface area contributed by atoms with Crippen molar-refractivity contribution in [2.24, 2.45) is 0 Å². The molecule has 6 aromatic carbocycles. The molecule has 1 heterocycles. The van der Waals surface area contributed by atoms with Crippen molar-refractivity contribution in [3.8, 4) is 11.5 Å². The van der Waals surface area contributed by atoms with Crippen LogP contribution in [0.4, 0.5) is 0 Å². The van der Waals surface area contributed by atoms with E-state index in [0.717, 1.165) is 11.5 Å². The first-order chi connectivity index (χ1) is 20.6. The normalized spacial score (nSPS) is 14.1. The van der Waals surface area contributed by atoms with Crippen molar-refractivity contribution in [2.75, 3.05) is 12.5 Å². The average molecular weight is 599 g/mol. The summed E-state index contributed by atoms with van der Waals surface area (Å²) in [6.45, 7) is 0. The number of hydrogen-bond acceptors (Lipinski definition) is 1. The minimum atomic E-state index is -1.35. The largest absolute Gasteiger partial charge is 0.454 e. The Morgan fingerprint density at radius 1 is 0.381 bits per heavy atom. The van der Waals surface area contributed by atoms with Crippen LogP contribution in [-0.2, 0) is 0 Å². The van der Waals surface area contributed by atoms with E-state index in [0.29, 0.717) is 0 Å². The number of para-hydroxylation sites is 2. The van der Waals surface area contributed by atoms with Crippen LogP contribution < -0.4 is 36.6 Å². The van der Waals surface area contributed by atoms with Gasteiger partial charge < -0.3 is 4.74 Å². The van der Waals surface area contributed by atoms with Gasteiger partial charge in [0.15, 0.2) is 0 Å². The van der Waals surface area contributed by atoms with Crippen LogP contribution in [0.2, 0.25) is 0 Å². The molecule has 0 bridgehead atoms. The molecular weight excluding hydrogens is 566 g/mol. The summed E-state index contributed by atoms with van der Waals surface area (Å²) < 4.78 is 7.28. The van der Waals surface area contributed by atoms with Crippen molar-refractivity contribution in [1.29, 1.82) is 0 Å². The average Bonchev–Trinajstić information content (AvgIpc) is 3.04. The zero-order valence-corrected chi connectivity index (χ0v) is 26.3. The maximum Gasteiger partial charge on any atom is 0.148 e. The van der Waals surface area contributed by atoms with E-state index in [9.17, 15) is 0 Å². The lowest BCUT2D eigenvalue weighted by Crippen LogP contribution is -2.27. The molecule has 0 unspecified atom stereocenters. The number of rotatable bonds is 6. The van der Waals surface area contributed by atoms with E-state index in [1.54, 1.807) is 0 Å². The molecule has 1 nitrogen and oxygen atoms in total. The minimum Gasteiger partial charge on any atom is -0.454 e. The molecular formula is C38H32OP2S. The van der Waals surface area contributed by atoms with Gasteiger partial charge in [-0.2, -0.15) is 10.0 Å². The van der Waals surface area contributed by atoms with Gasteiger partial charge in [0, 0.05) is 20.4 Å². The summed E-state index contributed by atoms with van der Waals surface area (Å²) in [5, 5.41) is 7.89. The Kier molecular flexibility index (Phi) is 7.47. The van der Waals surface area contributed by atoms with E-state index in [2.05, 4.69) is 170 Å². The highest BCUT2D eigenvalue weighted by Crippen LogP contribution is 2.66. The Labute approximate surface area is 253 Å². The minimum absolute atomic E-state index is 0.810. The Morgan fingerprint density at radius 3 is 1.00 bits per heavy atom. The SMILES string of the molecule is CS1(C)c2cccc(P(c3ccccc3)c3ccccc3)c2Oc2c(P(c3ccccc3)c3ccccc3)cccc21. The standard InChI is InChI=1S/C38H32OP2S/c1-42(2)35-27-15-25-33(40(29-17-7-3-8-18-29)30-19-9-4-10-20-30)37(35)39-38-34(26-16-28-36(38)42)41(31-21-11-5-12-22-31)32-23-13-6-14-24-32/h3-28H,1-2H3. The number of ether oxygens (including phenoxy) is 1. The third-order valence-electron chi connectivity index (χ3n) is 7.76. The summed E-state index contributed by atoms with van der Waals surface area (Å²) in [5.41, 5.74) is 0. The van der Waals surface area contributed by atoms with Crippen LogP contribution in [0.5, 0.6) is 11.5 Å². The molecule has 7 rings (SSSR count). The summed E-state index contributed by atoms with van der Waals surface area (Å²) in [4.78, 5) is 2.65. The molecule has 4 heteroatoms. The molecule has 0 saturated carbocycles. The lowest BCUT2D eigenvalue weighted by molar-refractivity contribution is 0.461. The van der Waals surface area contributed by atoms with Crippen molar-refractivity contribution in [2.45, 2.75) is 9.79 Å². The topological polar surface area (TPSA) is 9.23 Å². The van der Waals surface area contributed by atoms with E-state index in [-0.39, 0.29) is 0 Å². The van der Waals surface area contributed by atoms with Crippen molar-refractivity contribution < 1.29 is 4.74 Å². The quantitative estimate of drug-likeness (QED) is 0.178. The predicted molar refractivity (Wildman–Crippen MR) is 186 cm³/mol. The maximum absolute atomic E-state index is 7.28. The number of fused-ring (bicyclic) bond motifs is 2. The van der Waals surface area contributed by atoms with Gasteiger partial charge in [0.25, 0.3) is 0 Å². The summed E-state index contributed by atoms with van der Waals surface area (Å²) in [6.07, 6.45) is 4.86. The summed E-state index contributed by atoms with van der Waals surface area (Å²) in [5.74, 6) is 2.10. The summed E-state index contributed by atoms with van der Waals surface area (Å²) >= 11 is 0. The van der Waals surface area contributed by atoms with Crippen LogP contribution in [0.15, 0.2) is 168 Å². The molecule has 0 atom stereocenters. The highest BCUT2D eigenvalue weighted by molar-refractivity contribution is 8.33. The summed E-state index contributed by atoms with van der Waals surface area (Å²) in [7, 11) is -2.97. The molecule has 0 radical (unpaired) electrons. The molecule has 0 aliphatic carbocycles. The summed E-state index contributed by atoms with van der Waals surface area (Å²) in [6, 6.07) is 57.4. The molecule has 1 aliphatic rings. The predicted octanol–water partition coefficient (Wildman–Crippen LogP) is 7.79. The zero-order chi connectivity index (χ0) is 28.5. The van der Waals surface area contributed by atoms with Gasteiger partial charge in [-0.15, -0.1) is 0 Å². The molecule has 0 saturated heterocycles. The van der Waals surface area contributed by atoms with E-state index >= 15 is 0 Å². The Bertz CT molecular complexity index is 1610. The first-order valence-corrected chi connectivity index (χ1v) is 19.2. The number of hydrogen-bond donors (Lipinski definition) is 0. The van der Waals surface area contributed by atoms with Crippen LogP contribution in [0, 0.1) is 0 Å². The fourth-order valence-corrected chi connectivity index (χ4v) is 13.0. The number of benzene rings is 6. The van der Waals surface area contributed by atoms with Crippen molar-refractivity contribution in [3.05, 3.63) is 158 Å². The molecule has 42 heavy (non-hydrogen) atoms. The Morgan fingerprint density at radius 2 is 0.690 bits per heavy atom. The second-order valence-electron chi connectivity index (χ2n) is 10.7. The first kappa shape index (κ1) is 27.2. The van der Waals surface area contributed by atoms with E-state index in [1.807, 2.05) is 0 Å². The lowest BCUT2D eigenvalue weighted by atomic mass is 10.3. The van der Waals surface area contributed by atoms with Crippen molar-refractivity contribution >= 4 is 57.7 Å². The van der Waals surface area contributed by atoms with Gasteiger partial charge in [-0.25, -0.2) is 0 Å². The van der Waals surface area contributed by atoms with Gasteiger partial charge in [-0.3, -0.25) is 0 Å². The van der Waals surface area contributed by atoms with Crippen LogP contribution in [0.25, 0.3) is 0 Å². The van der Waals surface area contributed by atoms with Gasteiger partial charge in [0.05, 0.1) is 0 Å². The van der Waals surface area contributed by atoms with E-state index in [4.69, 9.17) is 4.74 Å². The fourth-order valence-electron chi connectivity index (χ4n) is 5.75. The van der Waals surface area contributed by atoms with Gasteiger partial charge in [-0.05, 0) is 61.7 Å². The second-order valence-corrected chi connectivity index (χ2v) is 18.6. The van der Waals surface area contributed by atoms with Crippen LogP contribution in [0.1, 0.15) is 0 Å². The zero-order valence-electron chi connectivity index (χ0n) is 23.7. The lowest BCUT2D eigenvalue weighted by Gasteiger charge is -2.41. The van der Waals surface area contributed by atoms with Crippen LogP contribution in [-0.4, -0.2) is 12.5 Å². The Hall–Kier alpha value is -3.67. The van der Waals surface area contributed by atoms with Gasteiger partial charge >= 0.3 is 0 Å². The highest BCUT2D eigenvalue weighted by atomic mass is 32.3. The molecule has 6 aromatic rings. The molecule has 206 valence electrons. The third kappa shape index (κ3) is 4.89. The first-order valence-electron chi connectivity index (χ1n) is 14.1. The second kappa shape index (κ2) is 11.5. The monoisotopic (exact) mass is 598 g/mol. The highest BCUT2D eigenvalue weighted by Gasteiger charge is 2.36. The molecule has 0 fully saturated rings. The van der Waals surface area contributed by atoms with Crippen LogP contribution >= 0.6 is 25.9 Å². The third-order valence-corrected chi connectivity index (χ3v) is 15.5. The molecule has 0 amide bonds. The van der Waals surface area contributed by atoms with Gasteiger partial charge in [0.1, 0.15) is 11.5 Å². The van der Waals surface area contributed by atoms with Crippen LogP contribution in [0.3, 0.4) is 0 Å². The smallest absolute Gasteiger partial charge is 0.148 e. The van der Waals surface area contributed by atoms with Gasteiger partial charge in [0.2, 0.25) is 0 Å². The molecule has 0 aromatic heterocycles. The maximum atomic E-state index is 7.28. The van der Waals surface area contributed by atoms with E-state index < -0.39 is 25.9 Å².